The van der Waals surface area contributed by atoms with E-state index in [-0.39, 0.29) is 11.9 Å². The van der Waals surface area contributed by atoms with Crippen LogP contribution in [0.2, 0.25) is 0 Å². The Morgan fingerprint density at radius 2 is 1.90 bits per heavy atom. The lowest BCUT2D eigenvalue weighted by Gasteiger charge is -2.19. The van der Waals surface area contributed by atoms with E-state index in [1.54, 1.807) is 24.0 Å². The van der Waals surface area contributed by atoms with Crippen molar-refractivity contribution in [2.45, 2.75) is 46.6 Å². The van der Waals surface area contributed by atoms with Crippen LogP contribution in [0.1, 0.15) is 40.5 Å². The largest absolute Gasteiger partial charge is 0.362 e. The molecular weight excluding hydrogens is 397 g/mol. The van der Waals surface area contributed by atoms with Crippen molar-refractivity contribution >= 4 is 28.6 Å². The third kappa shape index (κ3) is 5.42. The minimum atomic E-state index is -0.368. The number of pyridine rings is 2. The third-order valence-electron chi connectivity index (χ3n) is 4.47. The highest BCUT2D eigenvalue weighted by atomic mass is 32.2. The molecule has 3 rings (SSSR count). The van der Waals surface area contributed by atoms with Gasteiger partial charge in [0.1, 0.15) is 18.0 Å². The number of aromatic nitrogens is 4. The molecule has 1 atom stereocenters. The summed E-state index contributed by atoms with van der Waals surface area (Å²) in [5.41, 5.74) is 2.03. The van der Waals surface area contributed by atoms with Crippen molar-refractivity contribution in [3.8, 4) is 11.3 Å². The summed E-state index contributed by atoms with van der Waals surface area (Å²) in [5, 5.41) is 4.32. The van der Waals surface area contributed by atoms with Crippen molar-refractivity contribution in [2.75, 3.05) is 5.32 Å². The van der Waals surface area contributed by atoms with E-state index in [0.717, 1.165) is 23.8 Å². The minimum Gasteiger partial charge on any atom is -0.362 e. The molecule has 156 valence electrons. The monoisotopic (exact) mass is 423 g/mol. The molecule has 0 spiro atoms. The summed E-state index contributed by atoms with van der Waals surface area (Å²) >= 11 is 1.78. The predicted molar refractivity (Wildman–Crippen MR) is 124 cm³/mol. The molecule has 1 unspecified atom stereocenters. The molecule has 5 nitrogen and oxygen atoms in total. The first kappa shape index (κ1) is 21.9. The van der Waals surface area contributed by atoms with Crippen LogP contribution in [0.3, 0.4) is 0 Å². The van der Waals surface area contributed by atoms with Gasteiger partial charge in [-0.25, -0.2) is 19.3 Å². The predicted octanol–water partition coefficient (Wildman–Crippen LogP) is 6.37. The Morgan fingerprint density at radius 3 is 2.60 bits per heavy atom. The highest BCUT2D eigenvalue weighted by Gasteiger charge is 2.14. The maximum absolute atomic E-state index is 13.2. The van der Waals surface area contributed by atoms with Crippen LogP contribution in [-0.4, -0.2) is 26.0 Å². The lowest BCUT2D eigenvalue weighted by molar-refractivity contribution is 0.622. The zero-order valence-electron chi connectivity index (χ0n) is 17.7. The molecule has 3 aromatic rings. The van der Waals surface area contributed by atoms with E-state index in [2.05, 4.69) is 65.1 Å². The first-order valence-corrected chi connectivity index (χ1v) is 10.9. The van der Waals surface area contributed by atoms with Gasteiger partial charge in [-0.3, -0.25) is 4.98 Å². The van der Waals surface area contributed by atoms with Crippen molar-refractivity contribution < 1.29 is 4.39 Å². The molecule has 0 saturated heterocycles. The van der Waals surface area contributed by atoms with E-state index in [0.29, 0.717) is 17.2 Å². The Bertz CT molecular complexity index is 1060. The molecule has 0 fully saturated rings. The molecule has 30 heavy (non-hydrogen) atoms. The summed E-state index contributed by atoms with van der Waals surface area (Å²) in [7, 11) is 0. The second-order valence-corrected chi connectivity index (χ2v) is 8.20. The van der Waals surface area contributed by atoms with Gasteiger partial charge in [0.2, 0.25) is 0 Å². The normalized spacial score (nSPS) is 13.5. The number of nitrogens with one attached hydrogen (secondary N) is 1. The van der Waals surface area contributed by atoms with Gasteiger partial charge in [0.05, 0.1) is 23.3 Å². The van der Waals surface area contributed by atoms with Gasteiger partial charge in [-0.05, 0) is 49.8 Å². The fourth-order valence-electron chi connectivity index (χ4n) is 3.05. The molecule has 0 saturated carbocycles. The number of fused-ring (bicyclic) bond motifs is 1. The number of rotatable bonds is 8. The fraction of sp³-hybridized carbons (Fsp3) is 0.304. The number of hydrogen-bond donors (Lipinski definition) is 1. The molecule has 7 heteroatoms. The topological polar surface area (TPSA) is 63.6 Å². The van der Waals surface area contributed by atoms with Gasteiger partial charge in [0.25, 0.3) is 0 Å². The van der Waals surface area contributed by atoms with E-state index < -0.39 is 0 Å². The Balaban J connectivity index is 1.92. The lowest BCUT2D eigenvalue weighted by atomic mass is 10.1. The summed E-state index contributed by atoms with van der Waals surface area (Å²) in [4.78, 5) is 19.9. The smallest absolute Gasteiger partial charge is 0.164 e. The number of allylic oxidation sites excluding steroid dienone is 3. The zero-order valence-corrected chi connectivity index (χ0v) is 18.5. The molecule has 3 aromatic heterocycles. The summed E-state index contributed by atoms with van der Waals surface area (Å²) in [6.45, 7) is 8.54. The van der Waals surface area contributed by atoms with Gasteiger partial charge < -0.3 is 5.32 Å². The number of halogens is 1. The Hall–Kier alpha value is -2.80. The fourth-order valence-corrected chi connectivity index (χ4v) is 4.15. The van der Waals surface area contributed by atoms with Gasteiger partial charge >= 0.3 is 0 Å². The second kappa shape index (κ2) is 10.3. The number of anilines is 1. The summed E-state index contributed by atoms with van der Waals surface area (Å²) in [5.74, 6) is 0.343. The summed E-state index contributed by atoms with van der Waals surface area (Å²) in [6.07, 6.45) is 10.9. The van der Waals surface area contributed by atoms with Crippen LogP contribution in [-0.2, 0) is 0 Å². The first-order valence-electron chi connectivity index (χ1n) is 10.1. The zero-order chi connectivity index (χ0) is 21.5. The third-order valence-corrected chi connectivity index (χ3v) is 5.71. The summed E-state index contributed by atoms with van der Waals surface area (Å²) in [6, 6.07) is 5.04. The average Bonchev–Trinajstić information content (AvgIpc) is 2.74. The van der Waals surface area contributed by atoms with Crippen molar-refractivity contribution in [1.82, 2.24) is 19.9 Å². The highest BCUT2D eigenvalue weighted by molar-refractivity contribution is 8.06. The molecule has 3 heterocycles. The van der Waals surface area contributed by atoms with Crippen LogP contribution >= 0.6 is 11.8 Å². The van der Waals surface area contributed by atoms with E-state index in [1.165, 1.54) is 28.4 Å². The van der Waals surface area contributed by atoms with Crippen molar-refractivity contribution in [2.24, 2.45) is 0 Å². The first-order chi connectivity index (χ1) is 14.5. The average molecular weight is 424 g/mol. The van der Waals surface area contributed by atoms with Crippen molar-refractivity contribution in [3.63, 3.8) is 0 Å². The number of hydrogen-bond acceptors (Lipinski definition) is 6. The molecule has 1 N–H and O–H groups in total. The van der Waals surface area contributed by atoms with Gasteiger partial charge in [-0.15, -0.1) is 0 Å². The van der Waals surface area contributed by atoms with Gasteiger partial charge in [-0.1, -0.05) is 37.8 Å². The number of thioether (sulfide) groups is 1. The molecular formula is C23H26FN5S. The highest BCUT2D eigenvalue weighted by Crippen LogP contribution is 2.31. The van der Waals surface area contributed by atoms with Gasteiger partial charge in [0.15, 0.2) is 5.65 Å². The second-order valence-electron chi connectivity index (χ2n) is 6.88. The maximum atomic E-state index is 13.2. The SMILES string of the molecule is CC/C=C(/C)S/C(=C/CC)C(C)Nc1ncnc2ncc(-c3ccc(F)cn3)cc12. The van der Waals surface area contributed by atoms with E-state index in [4.69, 9.17) is 0 Å². The van der Waals surface area contributed by atoms with Crippen LogP contribution in [0.4, 0.5) is 10.2 Å². The standard InChI is InChI=1S/C23H26FN5S/c1-5-7-15(3)30-21(8-6-2)16(4)29-23-19-11-17(12-26-22(19)27-14-28-23)20-10-9-18(24)13-25-20/h7-14,16H,5-6H2,1-4H3,(H,26,27,28,29)/b15-7-,21-8+. The van der Waals surface area contributed by atoms with E-state index >= 15 is 0 Å². The van der Waals surface area contributed by atoms with Crippen LogP contribution in [0.15, 0.2) is 58.9 Å². The minimum absolute atomic E-state index is 0.0702. The molecule has 0 amide bonds. The summed E-state index contributed by atoms with van der Waals surface area (Å²) < 4.78 is 13.2. The molecule has 0 aliphatic carbocycles. The van der Waals surface area contributed by atoms with Gasteiger partial charge in [0, 0.05) is 16.7 Å². The molecule has 0 aromatic carbocycles. The Labute approximate surface area is 181 Å². The van der Waals surface area contributed by atoms with Crippen LogP contribution < -0.4 is 5.32 Å². The number of nitrogens with zero attached hydrogens (tertiary/aromatic N) is 4. The van der Waals surface area contributed by atoms with E-state index in [9.17, 15) is 4.39 Å². The lowest BCUT2D eigenvalue weighted by Crippen LogP contribution is -2.18. The Kier molecular flexibility index (Phi) is 7.52. The van der Waals surface area contributed by atoms with Crippen LogP contribution in [0.5, 0.6) is 0 Å². The quantitative estimate of drug-likeness (QED) is 0.454. The molecule has 0 radical (unpaired) electrons. The molecule has 0 bridgehead atoms. The Morgan fingerprint density at radius 1 is 1.10 bits per heavy atom. The van der Waals surface area contributed by atoms with Crippen molar-refractivity contribution in [3.05, 3.63) is 64.7 Å². The van der Waals surface area contributed by atoms with Gasteiger partial charge in [-0.2, -0.15) is 0 Å². The van der Waals surface area contributed by atoms with Crippen molar-refractivity contribution in [1.29, 1.82) is 0 Å². The van der Waals surface area contributed by atoms with E-state index in [1.807, 2.05) is 6.07 Å². The maximum Gasteiger partial charge on any atom is 0.164 e. The van der Waals surface area contributed by atoms with Crippen LogP contribution in [0, 0.1) is 5.82 Å². The van der Waals surface area contributed by atoms with Crippen LogP contribution in [0.25, 0.3) is 22.3 Å². The molecule has 0 aliphatic rings. The molecule has 0 aliphatic heterocycles.